The minimum atomic E-state index is -2.78. The van der Waals surface area contributed by atoms with E-state index in [1.54, 1.807) is 28.7 Å². The van der Waals surface area contributed by atoms with Gasteiger partial charge in [-0.1, -0.05) is 0 Å². The number of esters is 1. The highest BCUT2D eigenvalue weighted by molar-refractivity contribution is 14.1. The third-order valence-electron chi connectivity index (χ3n) is 1.94. The lowest BCUT2D eigenvalue weighted by Crippen LogP contribution is -2.09. The van der Waals surface area contributed by atoms with E-state index in [0.29, 0.717) is 9.13 Å². The van der Waals surface area contributed by atoms with Crippen molar-refractivity contribution in [2.24, 2.45) is 0 Å². The van der Waals surface area contributed by atoms with E-state index in [-0.39, 0.29) is 12.1 Å². The SMILES string of the molecule is COC(=O)Cc1cc(C(F)F)nc(C#N)c1I. The molecule has 0 saturated heterocycles. The van der Waals surface area contributed by atoms with Gasteiger partial charge in [-0.15, -0.1) is 0 Å². The zero-order valence-electron chi connectivity index (χ0n) is 8.71. The predicted molar refractivity (Wildman–Crippen MR) is 62.3 cm³/mol. The van der Waals surface area contributed by atoms with Gasteiger partial charge in [-0.2, -0.15) is 5.26 Å². The predicted octanol–water partition coefficient (Wildman–Crippen LogP) is 2.21. The van der Waals surface area contributed by atoms with Gasteiger partial charge < -0.3 is 4.74 Å². The molecule has 0 saturated carbocycles. The van der Waals surface area contributed by atoms with Crippen molar-refractivity contribution in [2.75, 3.05) is 7.11 Å². The summed E-state index contributed by atoms with van der Waals surface area (Å²) in [6.45, 7) is 0. The first-order valence-electron chi connectivity index (χ1n) is 4.44. The van der Waals surface area contributed by atoms with E-state index in [2.05, 4.69) is 9.72 Å². The van der Waals surface area contributed by atoms with E-state index in [1.807, 2.05) is 0 Å². The lowest BCUT2D eigenvalue weighted by molar-refractivity contribution is -0.139. The minimum absolute atomic E-state index is 0.109. The summed E-state index contributed by atoms with van der Waals surface area (Å²) in [6, 6.07) is 2.83. The molecule has 0 spiro atoms. The van der Waals surface area contributed by atoms with Gasteiger partial charge in [0.15, 0.2) is 5.69 Å². The molecule has 17 heavy (non-hydrogen) atoms. The van der Waals surface area contributed by atoms with Gasteiger partial charge in [0.1, 0.15) is 11.8 Å². The second kappa shape index (κ2) is 5.86. The maximum atomic E-state index is 12.5. The van der Waals surface area contributed by atoms with Crippen LogP contribution in [0.2, 0.25) is 0 Å². The highest BCUT2D eigenvalue weighted by Crippen LogP contribution is 2.23. The molecular weight excluding hydrogens is 345 g/mol. The molecule has 0 aliphatic heterocycles. The van der Waals surface area contributed by atoms with Gasteiger partial charge in [-0.05, 0) is 34.2 Å². The average molecular weight is 352 g/mol. The molecule has 0 bridgehead atoms. The van der Waals surface area contributed by atoms with E-state index in [1.165, 1.54) is 7.11 Å². The van der Waals surface area contributed by atoms with Gasteiger partial charge in [0.25, 0.3) is 6.43 Å². The van der Waals surface area contributed by atoms with Crippen LogP contribution in [-0.2, 0) is 16.0 Å². The van der Waals surface area contributed by atoms with Crippen LogP contribution in [0.4, 0.5) is 8.78 Å². The zero-order valence-corrected chi connectivity index (χ0v) is 10.9. The maximum Gasteiger partial charge on any atom is 0.310 e. The Hall–Kier alpha value is -1.30. The van der Waals surface area contributed by atoms with Gasteiger partial charge >= 0.3 is 5.97 Å². The number of aromatic nitrogens is 1. The molecule has 0 fully saturated rings. The van der Waals surface area contributed by atoms with E-state index in [9.17, 15) is 13.6 Å². The normalized spacial score (nSPS) is 10.1. The van der Waals surface area contributed by atoms with Crippen molar-refractivity contribution >= 4 is 28.6 Å². The summed E-state index contributed by atoms with van der Waals surface area (Å²) >= 11 is 1.79. The standard InChI is InChI=1S/C10H7F2IN2O2/c1-17-8(16)3-5-2-6(10(11)12)15-7(4-14)9(5)13/h2,10H,3H2,1H3. The summed E-state index contributed by atoms with van der Waals surface area (Å²) in [5.74, 6) is -0.557. The number of nitriles is 1. The molecule has 1 aromatic rings. The van der Waals surface area contributed by atoms with Crippen LogP contribution in [0.5, 0.6) is 0 Å². The van der Waals surface area contributed by atoms with E-state index in [0.717, 1.165) is 6.07 Å². The number of pyridine rings is 1. The summed E-state index contributed by atoms with van der Waals surface area (Å²) in [6.07, 6.45) is -2.94. The number of carbonyl (C=O) groups excluding carboxylic acids is 1. The summed E-state index contributed by atoms with van der Waals surface area (Å²) in [4.78, 5) is 14.6. The smallest absolute Gasteiger partial charge is 0.310 e. The lowest BCUT2D eigenvalue weighted by Gasteiger charge is -2.07. The van der Waals surface area contributed by atoms with Crippen LogP contribution >= 0.6 is 22.6 Å². The van der Waals surface area contributed by atoms with Gasteiger partial charge in [-0.3, -0.25) is 4.79 Å². The number of ether oxygens (including phenoxy) is 1. The summed E-state index contributed by atoms with van der Waals surface area (Å²) in [5, 5.41) is 8.76. The molecule has 0 radical (unpaired) electrons. The van der Waals surface area contributed by atoms with Crippen molar-refractivity contribution in [3.05, 3.63) is 26.6 Å². The van der Waals surface area contributed by atoms with Crippen LogP contribution in [0.25, 0.3) is 0 Å². The molecule has 4 nitrogen and oxygen atoms in total. The van der Waals surface area contributed by atoms with Crippen molar-refractivity contribution < 1.29 is 18.3 Å². The zero-order chi connectivity index (χ0) is 13.0. The van der Waals surface area contributed by atoms with Crippen molar-refractivity contribution in [1.82, 2.24) is 4.98 Å². The maximum absolute atomic E-state index is 12.5. The van der Waals surface area contributed by atoms with Gasteiger partial charge in [0.2, 0.25) is 0 Å². The number of alkyl halides is 2. The van der Waals surface area contributed by atoms with Crippen LogP contribution in [-0.4, -0.2) is 18.1 Å². The molecular formula is C10H7F2IN2O2. The summed E-state index contributed by atoms with van der Waals surface area (Å²) in [7, 11) is 1.20. The minimum Gasteiger partial charge on any atom is -0.469 e. The van der Waals surface area contributed by atoms with Crippen LogP contribution < -0.4 is 0 Å². The molecule has 0 aromatic carbocycles. The van der Waals surface area contributed by atoms with E-state index in [4.69, 9.17) is 5.26 Å². The van der Waals surface area contributed by atoms with E-state index < -0.39 is 18.1 Å². The Morgan fingerprint density at radius 2 is 2.35 bits per heavy atom. The monoisotopic (exact) mass is 352 g/mol. The number of carbonyl (C=O) groups is 1. The Balaban J connectivity index is 3.24. The number of hydrogen-bond donors (Lipinski definition) is 0. The Labute approximate surface area is 110 Å². The fraction of sp³-hybridized carbons (Fsp3) is 0.300. The molecule has 0 atom stereocenters. The number of rotatable bonds is 3. The number of methoxy groups -OCH3 is 1. The fourth-order valence-corrected chi connectivity index (χ4v) is 1.73. The molecule has 1 heterocycles. The van der Waals surface area contributed by atoms with Crippen molar-refractivity contribution in [2.45, 2.75) is 12.8 Å². The Morgan fingerprint density at radius 1 is 1.71 bits per heavy atom. The molecule has 0 aliphatic rings. The van der Waals surface area contributed by atoms with Crippen LogP contribution in [0, 0.1) is 14.9 Å². The second-order valence-corrected chi connectivity index (χ2v) is 4.11. The third kappa shape index (κ3) is 3.33. The van der Waals surface area contributed by atoms with Crippen molar-refractivity contribution in [3.63, 3.8) is 0 Å². The van der Waals surface area contributed by atoms with Crippen LogP contribution in [0.1, 0.15) is 23.4 Å². The number of nitrogens with zero attached hydrogens (tertiary/aromatic N) is 2. The Morgan fingerprint density at radius 3 is 2.82 bits per heavy atom. The molecule has 1 aromatic heterocycles. The topological polar surface area (TPSA) is 63.0 Å². The number of halogens is 3. The van der Waals surface area contributed by atoms with Crippen LogP contribution in [0.3, 0.4) is 0 Å². The summed E-state index contributed by atoms with van der Waals surface area (Å²) < 4.78 is 29.9. The molecule has 0 aliphatic carbocycles. The first kappa shape index (κ1) is 13.8. The molecule has 0 N–H and O–H groups in total. The molecule has 1 rings (SSSR count). The summed E-state index contributed by atoms with van der Waals surface area (Å²) in [5.41, 5.74) is -0.303. The highest BCUT2D eigenvalue weighted by atomic mass is 127. The van der Waals surface area contributed by atoms with Gasteiger partial charge in [-0.25, -0.2) is 13.8 Å². The largest absolute Gasteiger partial charge is 0.469 e. The molecule has 90 valence electrons. The highest BCUT2D eigenvalue weighted by Gasteiger charge is 2.17. The third-order valence-corrected chi connectivity index (χ3v) is 3.15. The van der Waals surface area contributed by atoms with Gasteiger partial charge in [0, 0.05) is 0 Å². The van der Waals surface area contributed by atoms with Crippen molar-refractivity contribution in [1.29, 1.82) is 5.26 Å². The second-order valence-electron chi connectivity index (χ2n) is 3.03. The lowest BCUT2D eigenvalue weighted by atomic mass is 10.1. The van der Waals surface area contributed by atoms with Gasteiger partial charge in [0.05, 0.1) is 17.1 Å². The molecule has 0 amide bonds. The number of hydrogen-bond acceptors (Lipinski definition) is 4. The molecule has 0 unspecified atom stereocenters. The quantitative estimate of drug-likeness (QED) is 0.618. The van der Waals surface area contributed by atoms with Crippen molar-refractivity contribution in [3.8, 4) is 6.07 Å². The Bertz CT molecular complexity index is 486. The Kier molecular flexibility index (Phi) is 4.74. The molecule has 7 heteroatoms. The fourth-order valence-electron chi connectivity index (χ4n) is 1.15. The first-order valence-corrected chi connectivity index (χ1v) is 5.51. The van der Waals surface area contributed by atoms with Crippen LogP contribution in [0.15, 0.2) is 6.07 Å². The van der Waals surface area contributed by atoms with E-state index >= 15 is 0 Å². The average Bonchev–Trinajstić information content (AvgIpc) is 2.31. The first-order chi connectivity index (χ1) is 7.99.